The van der Waals surface area contributed by atoms with Crippen molar-refractivity contribution in [3.8, 4) is 0 Å². The van der Waals surface area contributed by atoms with Gasteiger partial charge in [0.05, 0.1) is 0 Å². The Kier molecular flexibility index (Phi) is 14.1. The Morgan fingerprint density at radius 2 is 1.26 bits per heavy atom. The van der Waals surface area contributed by atoms with Crippen molar-refractivity contribution < 1.29 is 13.6 Å². The van der Waals surface area contributed by atoms with E-state index in [0.29, 0.717) is 13.2 Å². The Hall–Kier alpha value is 1.39. The van der Waals surface area contributed by atoms with Gasteiger partial charge in [0.1, 0.15) is 0 Å². The fourth-order valence-corrected chi connectivity index (χ4v) is 33.3. The zero-order valence-corrected chi connectivity index (χ0v) is 23.6. The van der Waals surface area contributed by atoms with E-state index >= 15 is 0 Å². The van der Waals surface area contributed by atoms with Gasteiger partial charge in [-0.25, -0.2) is 0 Å². The van der Waals surface area contributed by atoms with E-state index in [-0.39, 0.29) is 0 Å². The third-order valence-electron chi connectivity index (χ3n) is 5.12. The van der Waals surface area contributed by atoms with E-state index in [1.165, 1.54) is 51.8 Å². The molecule has 0 spiro atoms. The Bertz CT molecular complexity index is 468. The van der Waals surface area contributed by atoms with Gasteiger partial charge in [-0.2, -0.15) is 0 Å². The van der Waals surface area contributed by atoms with Gasteiger partial charge in [-0.05, 0) is 0 Å². The van der Waals surface area contributed by atoms with Crippen molar-refractivity contribution in [3.63, 3.8) is 0 Å². The normalized spacial score (nSPS) is 16.2. The average molecular weight is 543 g/mol. The van der Waals surface area contributed by atoms with Crippen LogP contribution in [0.5, 0.6) is 0 Å². The molecule has 0 aromatic heterocycles. The second kappa shape index (κ2) is 14.4. The molecule has 0 amide bonds. The molecule has 1 aliphatic rings. The molecule has 0 fully saturated rings. The third-order valence-corrected chi connectivity index (χ3v) is 30.4. The molecule has 0 unspecified atom stereocenters. The topological polar surface area (TPSA) is 35.5 Å². The number of hydrogen-bond donors (Lipinski definition) is 0. The Morgan fingerprint density at radius 3 is 1.67 bits per heavy atom. The summed E-state index contributed by atoms with van der Waals surface area (Å²) in [6.07, 6.45) is 7.72. The molecule has 0 atom stereocenters. The summed E-state index contributed by atoms with van der Waals surface area (Å²) in [6.45, 7) is 11.7. The summed E-state index contributed by atoms with van der Waals surface area (Å²) in [4.78, 5) is 0. The van der Waals surface area contributed by atoms with Gasteiger partial charge in [0.25, 0.3) is 0 Å². The summed E-state index contributed by atoms with van der Waals surface area (Å²) in [7, 11) is -3.17. The summed E-state index contributed by atoms with van der Waals surface area (Å²) in [6, 6.07) is 0. The number of unbranched alkanes of at least 4 members (excludes halogenated alkanes) is 3. The van der Waals surface area contributed by atoms with Crippen LogP contribution in [-0.4, -0.2) is 43.1 Å². The molecule has 0 bridgehead atoms. The first-order chi connectivity index (χ1) is 13.0. The van der Waals surface area contributed by atoms with Crippen LogP contribution in [0, 0.1) is 0 Å². The van der Waals surface area contributed by atoms with E-state index < -0.39 is 26.0 Å². The number of thioether (sulfide) groups is 2. The van der Waals surface area contributed by atoms with E-state index in [0.717, 1.165) is 16.2 Å². The van der Waals surface area contributed by atoms with Crippen LogP contribution in [0.3, 0.4) is 0 Å². The predicted octanol–water partition coefficient (Wildman–Crippen LogP) is 8.29. The minimum absolute atomic E-state index is 0.445. The predicted molar refractivity (Wildman–Crippen MR) is 128 cm³/mol. The zero-order valence-electron chi connectivity index (χ0n) is 18.2. The van der Waals surface area contributed by atoms with Gasteiger partial charge >= 0.3 is 182 Å². The van der Waals surface area contributed by atoms with E-state index in [9.17, 15) is 4.57 Å². The van der Waals surface area contributed by atoms with Crippen LogP contribution in [0.4, 0.5) is 0 Å². The molecule has 0 saturated heterocycles. The molecule has 3 nitrogen and oxygen atoms in total. The summed E-state index contributed by atoms with van der Waals surface area (Å²) < 4.78 is 32.2. The molecule has 0 radical (unpaired) electrons. The van der Waals surface area contributed by atoms with Crippen LogP contribution in [0.15, 0.2) is 7.57 Å². The third kappa shape index (κ3) is 7.86. The first-order valence-electron chi connectivity index (χ1n) is 10.9. The average Bonchev–Trinajstić information content (AvgIpc) is 2.68. The maximum absolute atomic E-state index is 13.7. The molecule has 0 N–H and O–H groups in total. The molecule has 7 heteroatoms. The van der Waals surface area contributed by atoms with Crippen molar-refractivity contribution in [2.75, 3.05) is 24.7 Å². The van der Waals surface area contributed by atoms with E-state index in [2.05, 4.69) is 20.8 Å². The molecule has 1 aliphatic heterocycles. The van der Waals surface area contributed by atoms with Gasteiger partial charge < -0.3 is 0 Å². The van der Waals surface area contributed by atoms with Crippen molar-refractivity contribution >= 4 is 49.5 Å². The zero-order chi connectivity index (χ0) is 20.2. The van der Waals surface area contributed by atoms with Crippen LogP contribution in [-0.2, 0) is 13.6 Å². The molecular formula is C20H41O3PS2Sn. The van der Waals surface area contributed by atoms with Crippen LogP contribution in [0.1, 0.15) is 73.1 Å². The standard InChI is InChI=1S/C8H14O3PS2.3C4H9.Sn/c1-3-10-12(9,11-4-2)8-7-13-5-6-14-8;3*1-3-4-2;/h3-6H2,1-2H3;3*1,3-4H2,2H3;. The second-order valence-corrected chi connectivity index (χ2v) is 25.8. The van der Waals surface area contributed by atoms with Gasteiger partial charge in [-0.15, -0.1) is 0 Å². The molecule has 0 aromatic rings. The second-order valence-electron chi connectivity index (χ2n) is 7.26. The van der Waals surface area contributed by atoms with Gasteiger partial charge in [-0.3, -0.25) is 0 Å². The number of hydrogen-bond acceptors (Lipinski definition) is 5. The fourth-order valence-electron chi connectivity index (χ4n) is 3.75. The van der Waals surface area contributed by atoms with Crippen molar-refractivity contribution in [1.29, 1.82) is 0 Å². The summed E-state index contributed by atoms with van der Waals surface area (Å²) in [5.41, 5.74) is 0. The summed E-state index contributed by atoms with van der Waals surface area (Å²) in [5.74, 6) is 2.16. The molecule has 0 aliphatic carbocycles. The van der Waals surface area contributed by atoms with Gasteiger partial charge in [0.15, 0.2) is 0 Å². The molecule has 0 aromatic carbocycles. The van der Waals surface area contributed by atoms with Crippen molar-refractivity contribution in [1.82, 2.24) is 0 Å². The van der Waals surface area contributed by atoms with Crippen molar-refractivity contribution in [2.45, 2.75) is 86.5 Å². The van der Waals surface area contributed by atoms with E-state index in [1.807, 2.05) is 25.6 Å². The maximum atomic E-state index is 13.7. The van der Waals surface area contributed by atoms with E-state index in [4.69, 9.17) is 9.05 Å². The molecule has 160 valence electrons. The molecular weight excluding hydrogens is 502 g/mol. The van der Waals surface area contributed by atoms with Gasteiger partial charge in [0.2, 0.25) is 0 Å². The van der Waals surface area contributed by atoms with Crippen LogP contribution in [0.2, 0.25) is 13.3 Å². The van der Waals surface area contributed by atoms with Crippen LogP contribution >= 0.6 is 31.1 Å². The van der Waals surface area contributed by atoms with Gasteiger partial charge in [0, 0.05) is 0 Å². The molecule has 27 heavy (non-hydrogen) atoms. The summed E-state index contributed by atoms with van der Waals surface area (Å²) in [5, 5.41) is 0. The fraction of sp³-hybridized carbons (Fsp3) is 0.900. The Balaban J connectivity index is 3.47. The SMILES string of the molecule is CCC[CH2][Sn]([CH2]CCC)([CH2]CCC)[C]1=C(P(=O)(OCC)OCC)SCCS1. The first kappa shape index (κ1) is 26.4. The minimum atomic E-state index is -3.17. The van der Waals surface area contributed by atoms with Crippen LogP contribution in [0.25, 0.3) is 0 Å². The van der Waals surface area contributed by atoms with Crippen molar-refractivity contribution in [2.24, 2.45) is 0 Å². The monoisotopic (exact) mass is 544 g/mol. The van der Waals surface area contributed by atoms with E-state index in [1.54, 1.807) is 14.7 Å². The molecule has 0 saturated carbocycles. The first-order valence-corrected chi connectivity index (χ1v) is 21.9. The molecule has 1 rings (SSSR count). The Labute approximate surface area is 181 Å². The Morgan fingerprint density at radius 1 is 0.815 bits per heavy atom. The van der Waals surface area contributed by atoms with Crippen LogP contribution < -0.4 is 0 Å². The van der Waals surface area contributed by atoms with Crippen molar-refractivity contribution in [3.05, 3.63) is 7.57 Å². The summed E-state index contributed by atoms with van der Waals surface area (Å²) >= 11 is 1.17. The quantitative estimate of drug-likeness (QED) is 0.153. The molecule has 1 heterocycles. The van der Waals surface area contributed by atoms with Gasteiger partial charge in [-0.1, -0.05) is 0 Å². The number of rotatable bonds is 15.